The van der Waals surface area contributed by atoms with Crippen LogP contribution >= 0.6 is 0 Å². The van der Waals surface area contributed by atoms with E-state index in [4.69, 9.17) is 4.74 Å². The van der Waals surface area contributed by atoms with E-state index in [9.17, 15) is 9.59 Å². The molecule has 1 aromatic rings. The van der Waals surface area contributed by atoms with Crippen LogP contribution in [0.3, 0.4) is 0 Å². The predicted octanol–water partition coefficient (Wildman–Crippen LogP) is 3.46. The number of nitrogens with one attached hydrogen (secondary N) is 1. The van der Waals surface area contributed by atoms with Crippen LogP contribution in [0.1, 0.15) is 51.3 Å². The summed E-state index contributed by atoms with van der Waals surface area (Å²) in [5.74, 6) is -0.527. The molecule has 1 N–H and O–H groups in total. The maximum atomic E-state index is 12.0. The van der Waals surface area contributed by atoms with Gasteiger partial charge in [-0.05, 0) is 40.2 Å². The molecule has 0 spiro atoms. The summed E-state index contributed by atoms with van der Waals surface area (Å²) in [7, 11) is 0. The number of rotatable bonds is 6. The van der Waals surface area contributed by atoms with Crippen molar-refractivity contribution in [1.82, 2.24) is 5.32 Å². The molecule has 120 valence electrons. The average molecular weight is 303 g/mol. The number of hydrogen-bond donors (Lipinski definition) is 1. The molecule has 1 rings (SSSR count). The zero-order valence-electron chi connectivity index (χ0n) is 14.0. The van der Waals surface area contributed by atoms with Crippen molar-refractivity contribution in [3.63, 3.8) is 0 Å². The standard InChI is InChI=1S/C18H25NO3/c1-12(2)10-17(20)19-16(11-18(21)22-13(3)4)15-8-6-14(5)7-9-15/h6-10,13,16H,11H2,1-5H3,(H,19,20). The molecule has 0 aliphatic carbocycles. The molecule has 1 atom stereocenters. The van der Waals surface area contributed by atoms with E-state index in [2.05, 4.69) is 5.32 Å². The third kappa shape index (κ3) is 6.57. The fourth-order valence-corrected chi connectivity index (χ4v) is 2.00. The molecule has 0 bridgehead atoms. The largest absolute Gasteiger partial charge is 0.463 e. The summed E-state index contributed by atoms with van der Waals surface area (Å²) in [4.78, 5) is 23.9. The molecular weight excluding hydrogens is 278 g/mol. The summed E-state index contributed by atoms with van der Waals surface area (Å²) in [6, 6.07) is 7.37. The Bertz CT molecular complexity index is 540. The summed E-state index contributed by atoms with van der Waals surface area (Å²) in [6.45, 7) is 9.32. The van der Waals surface area contributed by atoms with Gasteiger partial charge in [0.05, 0.1) is 18.6 Å². The van der Waals surface area contributed by atoms with Gasteiger partial charge in [-0.25, -0.2) is 0 Å². The molecular formula is C18H25NO3. The quantitative estimate of drug-likeness (QED) is 0.647. The van der Waals surface area contributed by atoms with Crippen molar-refractivity contribution in [1.29, 1.82) is 0 Å². The Balaban J connectivity index is 2.89. The lowest BCUT2D eigenvalue weighted by Gasteiger charge is -2.19. The van der Waals surface area contributed by atoms with E-state index < -0.39 is 6.04 Å². The first-order chi connectivity index (χ1) is 10.3. The number of esters is 1. The van der Waals surface area contributed by atoms with Crippen molar-refractivity contribution in [2.45, 2.75) is 53.2 Å². The molecule has 4 nitrogen and oxygen atoms in total. The lowest BCUT2D eigenvalue weighted by Crippen LogP contribution is -2.30. The van der Waals surface area contributed by atoms with Crippen LogP contribution in [0.5, 0.6) is 0 Å². The van der Waals surface area contributed by atoms with Gasteiger partial charge in [-0.2, -0.15) is 0 Å². The lowest BCUT2D eigenvalue weighted by molar-refractivity contribution is -0.148. The highest BCUT2D eigenvalue weighted by Crippen LogP contribution is 2.19. The number of hydrogen-bond acceptors (Lipinski definition) is 3. The SMILES string of the molecule is CC(C)=CC(=O)NC(CC(=O)OC(C)C)c1ccc(C)cc1. The minimum absolute atomic E-state index is 0.115. The summed E-state index contributed by atoms with van der Waals surface area (Å²) < 4.78 is 5.18. The van der Waals surface area contributed by atoms with Gasteiger partial charge in [0.15, 0.2) is 0 Å². The molecule has 0 fully saturated rings. The number of allylic oxidation sites excluding steroid dienone is 1. The van der Waals surface area contributed by atoms with Crippen LogP contribution < -0.4 is 5.32 Å². The second-order valence-corrected chi connectivity index (χ2v) is 5.94. The number of ether oxygens (including phenoxy) is 1. The lowest BCUT2D eigenvalue weighted by atomic mass is 10.0. The van der Waals surface area contributed by atoms with Crippen molar-refractivity contribution in [2.75, 3.05) is 0 Å². The summed E-state index contributed by atoms with van der Waals surface area (Å²) in [6.07, 6.45) is 1.47. The highest BCUT2D eigenvalue weighted by atomic mass is 16.5. The second-order valence-electron chi connectivity index (χ2n) is 5.94. The van der Waals surface area contributed by atoms with Crippen LogP contribution in [-0.2, 0) is 14.3 Å². The molecule has 0 heterocycles. The molecule has 0 radical (unpaired) electrons. The van der Waals surface area contributed by atoms with Crippen molar-refractivity contribution in [2.24, 2.45) is 0 Å². The first-order valence-corrected chi connectivity index (χ1v) is 7.49. The molecule has 1 aromatic carbocycles. The van der Waals surface area contributed by atoms with Crippen molar-refractivity contribution in [3.8, 4) is 0 Å². The number of carbonyl (C=O) groups is 2. The number of aryl methyl sites for hydroxylation is 1. The van der Waals surface area contributed by atoms with Crippen LogP contribution in [0, 0.1) is 6.92 Å². The van der Waals surface area contributed by atoms with Gasteiger partial charge in [-0.3, -0.25) is 9.59 Å². The molecule has 1 unspecified atom stereocenters. The average Bonchev–Trinajstić information content (AvgIpc) is 2.36. The summed E-state index contributed by atoms with van der Waals surface area (Å²) in [5, 5.41) is 2.87. The number of benzene rings is 1. The van der Waals surface area contributed by atoms with Gasteiger partial charge in [0.25, 0.3) is 0 Å². The van der Waals surface area contributed by atoms with Crippen LogP contribution in [0.2, 0.25) is 0 Å². The van der Waals surface area contributed by atoms with E-state index >= 15 is 0 Å². The van der Waals surface area contributed by atoms with Crippen molar-refractivity contribution in [3.05, 3.63) is 47.0 Å². The zero-order chi connectivity index (χ0) is 16.7. The van der Waals surface area contributed by atoms with Gasteiger partial charge >= 0.3 is 5.97 Å². The highest BCUT2D eigenvalue weighted by molar-refractivity contribution is 5.88. The predicted molar refractivity (Wildman–Crippen MR) is 87.3 cm³/mol. The van der Waals surface area contributed by atoms with E-state index in [1.54, 1.807) is 13.8 Å². The normalized spacial score (nSPS) is 11.7. The van der Waals surface area contributed by atoms with Crippen LogP contribution in [0.25, 0.3) is 0 Å². The van der Waals surface area contributed by atoms with E-state index in [0.717, 1.165) is 16.7 Å². The van der Waals surface area contributed by atoms with Crippen molar-refractivity contribution < 1.29 is 14.3 Å². The number of amides is 1. The van der Waals surface area contributed by atoms with Gasteiger partial charge < -0.3 is 10.1 Å². The number of carbonyl (C=O) groups excluding carboxylic acids is 2. The molecule has 0 saturated carbocycles. The fourth-order valence-electron chi connectivity index (χ4n) is 2.00. The zero-order valence-corrected chi connectivity index (χ0v) is 14.0. The van der Waals surface area contributed by atoms with Crippen LogP contribution in [-0.4, -0.2) is 18.0 Å². The first kappa shape index (κ1) is 18.0. The van der Waals surface area contributed by atoms with Gasteiger partial charge in [0, 0.05) is 6.08 Å². The molecule has 0 aliphatic rings. The third-order valence-electron chi connectivity index (χ3n) is 2.95. The van der Waals surface area contributed by atoms with Crippen molar-refractivity contribution >= 4 is 11.9 Å². The van der Waals surface area contributed by atoms with Gasteiger partial charge in [0.1, 0.15) is 0 Å². The smallest absolute Gasteiger partial charge is 0.308 e. The second kappa shape index (κ2) is 8.37. The van der Waals surface area contributed by atoms with Gasteiger partial charge in [0.2, 0.25) is 5.91 Å². The molecule has 22 heavy (non-hydrogen) atoms. The third-order valence-corrected chi connectivity index (χ3v) is 2.95. The van der Waals surface area contributed by atoms with Crippen LogP contribution in [0.4, 0.5) is 0 Å². The molecule has 0 aromatic heterocycles. The molecule has 0 saturated heterocycles. The van der Waals surface area contributed by atoms with Gasteiger partial charge in [-0.1, -0.05) is 35.4 Å². The Labute approximate surface area is 132 Å². The van der Waals surface area contributed by atoms with Crippen LogP contribution in [0.15, 0.2) is 35.9 Å². The molecule has 4 heteroatoms. The topological polar surface area (TPSA) is 55.4 Å². The Hall–Kier alpha value is -2.10. The van der Waals surface area contributed by atoms with Gasteiger partial charge in [-0.15, -0.1) is 0 Å². The fraction of sp³-hybridized carbons (Fsp3) is 0.444. The Morgan fingerprint density at radius 2 is 1.77 bits per heavy atom. The van der Waals surface area contributed by atoms with E-state index in [-0.39, 0.29) is 24.4 Å². The molecule has 1 amide bonds. The Morgan fingerprint density at radius 3 is 2.27 bits per heavy atom. The van der Waals surface area contributed by atoms with E-state index in [0.29, 0.717) is 0 Å². The maximum absolute atomic E-state index is 12.0. The van der Waals surface area contributed by atoms with E-state index in [1.807, 2.05) is 45.0 Å². The first-order valence-electron chi connectivity index (χ1n) is 7.49. The van der Waals surface area contributed by atoms with E-state index in [1.165, 1.54) is 6.08 Å². The molecule has 0 aliphatic heterocycles. The monoisotopic (exact) mass is 303 g/mol. The summed E-state index contributed by atoms with van der Waals surface area (Å²) >= 11 is 0. The minimum Gasteiger partial charge on any atom is -0.463 e. The Kier molecular flexibility index (Phi) is 6.83. The minimum atomic E-state index is -0.394. The summed E-state index contributed by atoms with van der Waals surface area (Å²) in [5.41, 5.74) is 2.93. The highest BCUT2D eigenvalue weighted by Gasteiger charge is 2.19. The Morgan fingerprint density at radius 1 is 1.18 bits per heavy atom. The maximum Gasteiger partial charge on any atom is 0.308 e.